The first kappa shape index (κ1) is 51.4. The maximum Gasteiger partial charge on any atom is 0.307 e. The molecule has 0 atom stereocenters. The molecule has 0 aliphatic carbocycles. The highest BCUT2D eigenvalue weighted by Gasteiger charge is 2.12. The van der Waals surface area contributed by atoms with Gasteiger partial charge in [-0.2, -0.15) is 0 Å². The predicted molar refractivity (Wildman–Crippen MR) is 258 cm³/mol. The minimum Gasteiger partial charge on any atom is -0.481 e. The Bertz CT molecular complexity index is 1730. The van der Waals surface area contributed by atoms with Gasteiger partial charge < -0.3 is 20.2 Å². The van der Waals surface area contributed by atoms with E-state index in [1.807, 2.05) is 30.5 Å². The highest BCUT2D eigenvalue weighted by Crippen LogP contribution is 2.11. The summed E-state index contributed by atoms with van der Waals surface area (Å²) < 4.78 is 0. The number of rotatable bonds is 29. The molecule has 336 valence electrons. The lowest BCUT2D eigenvalue weighted by Crippen LogP contribution is -2.24. The van der Waals surface area contributed by atoms with Gasteiger partial charge in [0.25, 0.3) is 0 Å². The smallest absolute Gasteiger partial charge is 0.307 e. The second kappa shape index (κ2) is 34.6. The van der Waals surface area contributed by atoms with Gasteiger partial charge in [0.2, 0.25) is 5.91 Å². The molecule has 0 aromatic carbocycles. The van der Waals surface area contributed by atoms with Crippen molar-refractivity contribution in [3.05, 3.63) is 132 Å². The highest BCUT2D eigenvalue weighted by molar-refractivity contribution is 5.81. The van der Waals surface area contributed by atoms with E-state index in [2.05, 4.69) is 105 Å². The number of aromatic nitrogens is 2. The number of carbonyl (C=O) groups is 3. The van der Waals surface area contributed by atoms with Crippen molar-refractivity contribution in [2.45, 2.75) is 122 Å². The summed E-state index contributed by atoms with van der Waals surface area (Å²) in [5.41, 5.74) is 4.19. The molecule has 2 fully saturated rings. The van der Waals surface area contributed by atoms with Crippen LogP contribution in [0.2, 0.25) is 0 Å². The van der Waals surface area contributed by atoms with Gasteiger partial charge in [-0.15, -0.1) is 0 Å². The fraction of sp³-hybridized carbons (Fsp3) is 0.491. The van der Waals surface area contributed by atoms with Crippen molar-refractivity contribution in [2.75, 3.05) is 45.8 Å². The molecule has 0 radical (unpaired) electrons. The molecular formula is C53H75N5O4. The fourth-order valence-electron chi connectivity index (χ4n) is 7.00. The number of hydrogen-bond donors (Lipinski definition) is 2. The van der Waals surface area contributed by atoms with Gasteiger partial charge in [-0.25, -0.2) is 0 Å². The van der Waals surface area contributed by atoms with Crippen molar-refractivity contribution in [1.82, 2.24) is 25.1 Å². The molecule has 4 rings (SSSR count). The minimum absolute atomic E-state index is 0.0523. The average Bonchev–Trinajstić information content (AvgIpc) is 4.01. The van der Waals surface area contributed by atoms with E-state index in [0.717, 1.165) is 93.4 Å². The van der Waals surface area contributed by atoms with E-state index in [4.69, 9.17) is 5.11 Å². The largest absolute Gasteiger partial charge is 0.481 e. The molecule has 2 N–H and O–H groups in total. The number of hydrogen-bond acceptors (Lipinski definition) is 7. The van der Waals surface area contributed by atoms with E-state index in [-0.39, 0.29) is 18.1 Å². The summed E-state index contributed by atoms with van der Waals surface area (Å²) in [6.45, 7) is 9.74. The summed E-state index contributed by atoms with van der Waals surface area (Å²) in [6, 6.07) is 8.18. The van der Waals surface area contributed by atoms with Gasteiger partial charge in [0.15, 0.2) is 0 Å². The van der Waals surface area contributed by atoms with Crippen LogP contribution in [0, 0.1) is 0 Å². The van der Waals surface area contributed by atoms with Gasteiger partial charge in [0, 0.05) is 75.5 Å². The minimum atomic E-state index is -0.813. The van der Waals surface area contributed by atoms with E-state index in [1.165, 1.54) is 51.9 Å². The molecule has 1 amide bonds. The molecular weight excluding hydrogens is 771 g/mol. The number of allylic oxidation sites excluding steroid dienone is 11. The van der Waals surface area contributed by atoms with Crippen LogP contribution in [0.25, 0.3) is 12.2 Å². The van der Waals surface area contributed by atoms with Crippen LogP contribution in [0.4, 0.5) is 0 Å². The normalized spacial score (nSPS) is 15.1. The zero-order chi connectivity index (χ0) is 44.1. The Labute approximate surface area is 373 Å². The fourth-order valence-corrected chi connectivity index (χ4v) is 7.00. The summed E-state index contributed by atoms with van der Waals surface area (Å²) >= 11 is 0. The van der Waals surface area contributed by atoms with E-state index in [0.29, 0.717) is 32.2 Å². The van der Waals surface area contributed by atoms with E-state index in [1.54, 1.807) is 18.3 Å². The molecule has 0 saturated carbocycles. The second-order valence-corrected chi connectivity index (χ2v) is 16.0. The molecule has 9 nitrogen and oxygen atoms in total. The lowest BCUT2D eigenvalue weighted by atomic mass is 10.1. The Kier molecular flexibility index (Phi) is 28.6. The van der Waals surface area contributed by atoms with Crippen molar-refractivity contribution in [3.63, 3.8) is 0 Å². The summed E-state index contributed by atoms with van der Waals surface area (Å²) in [5.74, 6) is -0.554. The van der Waals surface area contributed by atoms with Crippen LogP contribution in [0.5, 0.6) is 0 Å². The number of unbranched alkanes of at least 4 members (excludes halogenated alkanes) is 1. The lowest BCUT2D eigenvalue weighted by Gasteiger charge is -2.13. The van der Waals surface area contributed by atoms with Gasteiger partial charge in [-0.1, -0.05) is 104 Å². The van der Waals surface area contributed by atoms with Crippen molar-refractivity contribution in [1.29, 1.82) is 0 Å². The monoisotopic (exact) mass is 846 g/mol. The zero-order valence-electron chi connectivity index (χ0n) is 37.7. The maximum absolute atomic E-state index is 12.2. The van der Waals surface area contributed by atoms with Gasteiger partial charge in [-0.05, 0) is 126 Å². The van der Waals surface area contributed by atoms with Crippen molar-refractivity contribution >= 4 is 29.8 Å². The number of nitrogens with zero attached hydrogens (tertiary/aromatic N) is 4. The number of amides is 1. The van der Waals surface area contributed by atoms with Crippen LogP contribution in [-0.2, 0) is 27.2 Å². The van der Waals surface area contributed by atoms with Crippen LogP contribution < -0.4 is 5.32 Å². The predicted octanol–water partition coefficient (Wildman–Crippen LogP) is 10.7. The number of likely N-dealkylation sites (tertiary alicyclic amines) is 2. The van der Waals surface area contributed by atoms with Crippen molar-refractivity contribution in [3.8, 4) is 0 Å². The van der Waals surface area contributed by atoms with Crippen molar-refractivity contribution < 1.29 is 19.5 Å². The molecule has 0 spiro atoms. The van der Waals surface area contributed by atoms with Crippen LogP contribution in [-0.4, -0.2) is 88.3 Å². The first-order valence-corrected chi connectivity index (χ1v) is 23.3. The number of pyridine rings is 2. The number of Topliss-reactive ketones (excluding diaryl/α,β-unsaturated/α-hetero) is 1. The Morgan fingerprint density at radius 2 is 1.10 bits per heavy atom. The van der Waals surface area contributed by atoms with Gasteiger partial charge >= 0.3 is 5.97 Å². The molecule has 2 aliphatic rings. The first-order valence-electron chi connectivity index (χ1n) is 23.3. The summed E-state index contributed by atoms with van der Waals surface area (Å²) in [5, 5.41) is 11.5. The van der Waals surface area contributed by atoms with Gasteiger partial charge in [-0.3, -0.25) is 24.4 Å². The number of aliphatic carboxylic acids is 1. The second-order valence-electron chi connectivity index (χ2n) is 16.0. The van der Waals surface area contributed by atoms with Crippen LogP contribution >= 0.6 is 0 Å². The Hall–Kier alpha value is -4.99. The topological polar surface area (TPSA) is 116 Å². The maximum atomic E-state index is 12.2. The number of carboxylic acids is 1. The first-order chi connectivity index (χ1) is 30.4. The molecule has 2 aliphatic heterocycles. The SMILES string of the molecule is CC/C=C\C/C=C\C/C=C\C/C=C\C/C=C\CCCC(=O)NCCCC(=O)C/C=C/c1ccc(CCN2CCCC2)nc1.O=C(O)C/C=C/c1ccc(CCN2CCCC2)nc1. The summed E-state index contributed by atoms with van der Waals surface area (Å²) in [6.07, 6.45) is 49.1. The summed E-state index contributed by atoms with van der Waals surface area (Å²) in [7, 11) is 0. The van der Waals surface area contributed by atoms with Crippen LogP contribution in [0.15, 0.2) is 110 Å². The van der Waals surface area contributed by atoms with Gasteiger partial charge in [0.1, 0.15) is 5.78 Å². The highest BCUT2D eigenvalue weighted by atomic mass is 16.4. The number of carbonyl (C=O) groups excluding carboxylic acids is 2. The molecule has 4 heterocycles. The zero-order valence-corrected chi connectivity index (χ0v) is 37.7. The Morgan fingerprint density at radius 1 is 0.613 bits per heavy atom. The van der Waals surface area contributed by atoms with Crippen LogP contribution in [0.3, 0.4) is 0 Å². The van der Waals surface area contributed by atoms with Gasteiger partial charge in [0.05, 0.1) is 6.42 Å². The molecule has 62 heavy (non-hydrogen) atoms. The number of nitrogens with one attached hydrogen (secondary N) is 1. The van der Waals surface area contributed by atoms with E-state index >= 15 is 0 Å². The Morgan fingerprint density at radius 3 is 1.56 bits per heavy atom. The van der Waals surface area contributed by atoms with Crippen molar-refractivity contribution in [2.24, 2.45) is 0 Å². The molecule has 0 bridgehead atoms. The van der Waals surface area contributed by atoms with E-state index < -0.39 is 5.97 Å². The number of carboxylic acid groups (broad SMARTS) is 1. The third-order valence-electron chi connectivity index (χ3n) is 10.6. The molecule has 2 aromatic heterocycles. The number of ketones is 1. The standard InChI is InChI=1S/C38H55N3O2.C15H20N2O2/c1-2-3-4-5-6-7-8-9-10-11-12-13-14-15-16-17-18-26-38(43)39-30-22-25-37(42)24-21-23-35-27-28-36(40-34-35)29-33-41-31-19-20-32-41;18-15(19)5-3-4-13-6-7-14(16-12-13)8-11-17-9-1-2-10-17/h3-4,6-7,9-10,12-13,15-16,21,23,27-28,34H,2,5,8,11,14,17-20,22,24-26,29-33H2,1H3,(H,39,43);3-4,6-7,12H,1-2,5,8-11H2,(H,18,19)/b4-3-,7-6-,10-9-,13-12-,16-15-,23-21+;4-3+. The molecule has 2 aromatic rings. The van der Waals surface area contributed by atoms with E-state index in [9.17, 15) is 14.4 Å². The third kappa shape index (κ3) is 27.1. The Balaban J connectivity index is 0.000000445. The molecule has 9 heteroatoms. The third-order valence-corrected chi connectivity index (χ3v) is 10.6. The van der Waals surface area contributed by atoms with Crippen LogP contribution in [0.1, 0.15) is 132 Å². The molecule has 2 saturated heterocycles. The lowest BCUT2D eigenvalue weighted by molar-refractivity contribution is -0.136. The molecule has 0 unspecified atom stereocenters. The average molecular weight is 846 g/mol. The quantitative estimate of drug-likeness (QED) is 0.0614. The summed E-state index contributed by atoms with van der Waals surface area (Å²) in [4.78, 5) is 48.6.